The second-order valence-corrected chi connectivity index (χ2v) is 6.66. The zero-order valence-electron chi connectivity index (χ0n) is 16.5. The highest BCUT2D eigenvalue weighted by Gasteiger charge is 2.32. The number of nitrogens with one attached hydrogen (secondary N) is 1. The molecule has 0 amide bonds. The number of amidine groups is 1. The van der Waals surface area contributed by atoms with E-state index in [0.29, 0.717) is 33.5 Å². The molecule has 0 spiro atoms. The summed E-state index contributed by atoms with van der Waals surface area (Å²) in [5.74, 6) is 0.415. The van der Waals surface area contributed by atoms with Gasteiger partial charge in [0.15, 0.2) is 5.17 Å². The summed E-state index contributed by atoms with van der Waals surface area (Å²) in [6.07, 6.45) is 0. The summed E-state index contributed by atoms with van der Waals surface area (Å²) in [7, 11) is 4.43. The lowest BCUT2D eigenvalue weighted by molar-refractivity contribution is -0.139. The Morgan fingerprint density at radius 3 is 2.57 bits per heavy atom. The van der Waals surface area contributed by atoms with Gasteiger partial charge in [0.05, 0.1) is 39.3 Å². The highest BCUT2D eigenvalue weighted by molar-refractivity contribution is 8.14. The second-order valence-electron chi connectivity index (χ2n) is 5.69. The number of carbonyl (C=O) groups excluding carboxylic acids is 2. The van der Waals surface area contributed by atoms with E-state index in [4.69, 9.17) is 14.2 Å². The molecule has 1 aromatic rings. The lowest BCUT2D eigenvalue weighted by Crippen LogP contribution is -2.31. The summed E-state index contributed by atoms with van der Waals surface area (Å²) in [5, 5.41) is 3.56. The van der Waals surface area contributed by atoms with Crippen molar-refractivity contribution in [1.29, 1.82) is 0 Å². The average Bonchev–Trinajstić information content (AvgIpc) is 2.70. The minimum absolute atomic E-state index is 0.0941. The molecule has 28 heavy (non-hydrogen) atoms. The Morgan fingerprint density at radius 1 is 1.21 bits per heavy atom. The van der Waals surface area contributed by atoms with Gasteiger partial charge in [0, 0.05) is 17.3 Å². The van der Waals surface area contributed by atoms with Crippen LogP contribution in [0.3, 0.4) is 0 Å². The number of ether oxygens (including phenoxy) is 4. The van der Waals surface area contributed by atoms with E-state index in [1.807, 2.05) is 0 Å². The standard InChI is InChI=1S/C19H24N2O6S/c1-6-27-18(23)16-11(2)20-19(28-10-15(22)26-5)21-17(16)13-8-7-12(24-3)9-14(13)25-4/h7-9,17H,6,10H2,1-5H3,(H,20,21)/t17-/m0/s1. The molecule has 0 bridgehead atoms. The van der Waals surface area contributed by atoms with Crippen LogP contribution < -0.4 is 14.8 Å². The van der Waals surface area contributed by atoms with Crippen LogP contribution in [0.25, 0.3) is 0 Å². The van der Waals surface area contributed by atoms with E-state index in [1.165, 1.54) is 26.0 Å². The first-order valence-corrected chi connectivity index (χ1v) is 9.57. The number of benzene rings is 1. The molecule has 0 aromatic heterocycles. The van der Waals surface area contributed by atoms with Crippen LogP contribution in [-0.4, -0.2) is 50.8 Å². The zero-order valence-corrected chi connectivity index (χ0v) is 17.3. The number of esters is 2. The fraction of sp³-hybridized carbons (Fsp3) is 0.421. The van der Waals surface area contributed by atoms with Gasteiger partial charge in [-0.05, 0) is 26.0 Å². The van der Waals surface area contributed by atoms with Crippen molar-refractivity contribution in [2.45, 2.75) is 19.9 Å². The van der Waals surface area contributed by atoms with Gasteiger partial charge >= 0.3 is 11.9 Å². The van der Waals surface area contributed by atoms with E-state index in [9.17, 15) is 9.59 Å². The van der Waals surface area contributed by atoms with Crippen LogP contribution in [0, 0.1) is 0 Å². The number of carbonyl (C=O) groups is 2. The SMILES string of the molecule is CCOC(=O)C1=C(C)NC(SCC(=O)OC)=N[C@H]1c1ccc(OC)cc1OC. The minimum Gasteiger partial charge on any atom is -0.497 e. The predicted molar refractivity (Wildman–Crippen MR) is 107 cm³/mol. The smallest absolute Gasteiger partial charge is 0.338 e. The van der Waals surface area contributed by atoms with Crippen molar-refractivity contribution in [3.05, 3.63) is 35.0 Å². The molecule has 0 fully saturated rings. The molecule has 152 valence electrons. The maximum Gasteiger partial charge on any atom is 0.338 e. The minimum atomic E-state index is -0.652. The van der Waals surface area contributed by atoms with Crippen LogP contribution in [0.4, 0.5) is 0 Å². The van der Waals surface area contributed by atoms with Crippen molar-refractivity contribution in [3.8, 4) is 11.5 Å². The Labute approximate surface area is 168 Å². The van der Waals surface area contributed by atoms with Gasteiger partial charge in [0.25, 0.3) is 0 Å². The summed E-state index contributed by atoms with van der Waals surface area (Å²) in [6.45, 7) is 3.76. The number of methoxy groups -OCH3 is 3. The van der Waals surface area contributed by atoms with E-state index in [2.05, 4.69) is 15.0 Å². The van der Waals surface area contributed by atoms with Crippen molar-refractivity contribution in [2.24, 2.45) is 4.99 Å². The molecule has 1 aliphatic heterocycles. The molecule has 1 heterocycles. The first-order chi connectivity index (χ1) is 13.4. The fourth-order valence-electron chi connectivity index (χ4n) is 2.65. The largest absolute Gasteiger partial charge is 0.497 e. The highest BCUT2D eigenvalue weighted by atomic mass is 32.2. The Balaban J connectivity index is 2.48. The first kappa shape index (κ1) is 21.6. The quantitative estimate of drug-likeness (QED) is 0.688. The lowest BCUT2D eigenvalue weighted by atomic mass is 9.95. The predicted octanol–water partition coefficient (Wildman–Crippen LogP) is 2.45. The Hall–Kier alpha value is -2.68. The molecule has 0 saturated carbocycles. The summed E-state index contributed by atoms with van der Waals surface area (Å²) < 4.78 is 20.6. The van der Waals surface area contributed by atoms with Crippen LogP contribution in [0.2, 0.25) is 0 Å². The summed E-state index contributed by atoms with van der Waals surface area (Å²) in [4.78, 5) is 28.7. The molecule has 1 N–H and O–H groups in total. The molecule has 2 rings (SSSR count). The van der Waals surface area contributed by atoms with Crippen molar-refractivity contribution in [3.63, 3.8) is 0 Å². The van der Waals surface area contributed by atoms with Crippen LogP contribution in [0.5, 0.6) is 11.5 Å². The van der Waals surface area contributed by atoms with Crippen LogP contribution in [-0.2, 0) is 19.1 Å². The van der Waals surface area contributed by atoms with Gasteiger partial charge in [-0.2, -0.15) is 0 Å². The van der Waals surface area contributed by atoms with E-state index in [1.54, 1.807) is 39.2 Å². The highest BCUT2D eigenvalue weighted by Crippen LogP contribution is 2.39. The number of rotatable bonds is 7. The number of nitrogens with zero attached hydrogens (tertiary/aromatic N) is 1. The van der Waals surface area contributed by atoms with Crippen molar-refractivity contribution in [2.75, 3.05) is 33.7 Å². The van der Waals surface area contributed by atoms with Crippen molar-refractivity contribution >= 4 is 28.9 Å². The van der Waals surface area contributed by atoms with E-state index in [0.717, 1.165) is 0 Å². The van der Waals surface area contributed by atoms with Crippen molar-refractivity contribution in [1.82, 2.24) is 5.32 Å². The molecule has 1 aromatic carbocycles. The number of allylic oxidation sites excluding steroid dienone is 1. The summed E-state index contributed by atoms with van der Waals surface area (Å²) in [6, 6.07) is 4.65. The molecule has 0 aliphatic carbocycles. The molecular weight excluding hydrogens is 384 g/mol. The first-order valence-electron chi connectivity index (χ1n) is 8.59. The maximum atomic E-state index is 12.6. The zero-order chi connectivity index (χ0) is 20.7. The van der Waals surface area contributed by atoms with E-state index >= 15 is 0 Å². The molecule has 1 aliphatic rings. The summed E-state index contributed by atoms with van der Waals surface area (Å²) >= 11 is 1.19. The van der Waals surface area contributed by atoms with Crippen LogP contribution in [0.1, 0.15) is 25.5 Å². The Morgan fingerprint density at radius 2 is 1.96 bits per heavy atom. The Bertz CT molecular complexity index is 806. The van der Waals surface area contributed by atoms with Gasteiger partial charge in [-0.3, -0.25) is 4.79 Å². The van der Waals surface area contributed by atoms with Crippen molar-refractivity contribution < 1.29 is 28.5 Å². The second kappa shape index (κ2) is 10.0. The van der Waals surface area contributed by atoms with Gasteiger partial charge in [-0.25, -0.2) is 9.79 Å². The molecule has 0 unspecified atom stereocenters. The number of hydrogen-bond donors (Lipinski definition) is 1. The Kier molecular flexibility index (Phi) is 7.74. The molecule has 8 nitrogen and oxygen atoms in total. The van der Waals surface area contributed by atoms with Gasteiger partial charge < -0.3 is 24.3 Å². The third-order valence-corrected chi connectivity index (χ3v) is 4.86. The summed E-state index contributed by atoms with van der Waals surface area (Å²) in [5.41, 5.74) is 1.67. The molecule has 9 heteroatoms. The van der Waals surface area contributed by atoms with Gasteiger partial charge in [0.2, 0.25) is 0 Å². The number of aliphatic imine (C=N–C) groups is 1. The number of hydrogen-bond acceptors (Lipinski definition) is 9. The van der Waals surface area contributed by atoms with Crippen LogP contribution >= 0.6 is 11.8 Å². The van der Waals surface area contributed by atoms with Gasteiger partial charge in [-0.1, -0.05) is 11.8 Å². The molecule has 0 saturated heterocycles. The molecule has 0 radical (unpaired) electrons. The topological polar surface area (TPSA) is 95.5 Å². The maximum absolute atomic E-state index is 12.6. The number of thioether (sulfide) groups is 1. The molecule has 1 atom stereocenters. The van der Waals surface area contributed by atoms with E-state index < -0.39 is 12.0 Å². The third-order valence-electron chi connectivity index (χ3n) is 4.00. The van der Waals surface area contributed by atoms with Gasteiger partial charge in [0.1, 0.15) is 17.5 Å². The lowest BCUT2D eigenvalue weighted by Gasteiger charge is -2.26. The molecular formula is C19H24N2O6S. The normalized spacial score (nSPS) is 16.0. The monoisotopic (exact) mass is 408 g/mol. The van der Waals surface area contributed by atoms with Gasteiger partial charge in [-0.15, -0.1) is 0 Å². The third kappa shape index (κ3) is 4.98. The average molecular weight is 408 g/mol. The fourth-order valence-corrected chi connectivity index (χ4v) is 3.43. The van der Waals surface area contributed by atoms with Crippen LogP contribution in [0.15, 0.2) is 34.5 Å². The van der Waals surface area contributed by atoms with E-state index in [-0.39, 0.29) is 18.3 Å².